The third-order valence-electron chi connectivity index (χ3n) is 3.74. The Labute approximate surface area is 129 Å². The number of aliphatic hydroxyl groups is 1. The highest BCUT2D eigenvalue weighted by atomic mass is 32.1. The zero-order valence-corrected chi connectivity index (χ0v) is 13.1. The number of thiophene rings is 1. The number of fused-ring (bicyclic) bond motifs is 1. The smallest absolute Gasteiger partial charge is 0.123 e. The summed E-state index contributed by atoms with van der Waals surface area (Å²) in [5, 5.41) is 11.4. The number of hydrogen-bond acceptors (Lipinski definition) is 4. The maximum absolute atomic E-state index is 9.27. The second-order valence-electron chi connectivity index (χ2n) is 5.59. The van der Waals surface area contributed by atoms with Gasteiger partial charge in [0.1, 0.15) is 11.9 Å². The summed E-state index contributed by atoms with van der Waals surface area (Å²) in [7, 11) is 0. The first-order valence-electron chi connectivity index (χ1n) is 7.38. The van der Waals surface area contributed by atoms with Crippen molar-refractivity contribution in [3.8, 4) is 5.75 Å². The van der Waals surface area contributed by atoms with Gasteiger partial charge in [-0.05, 0) is 35.6 Å². The Balaban J connectivity index is 1.69. The largest absolute Gasteiger partial charge is 0.490 e. The van der Waals surface area contributed by atoms with Crippen molar-refractivity contribution < 1.29 is 9.84 Å². The molecular formula is C17H21NO2S. The fraction of sp³-hybridized carbons (Fsp3) is 0.412. The molecule has 1 aromatic heterocycles. The normalized spacial score (nSPS) is 17.0. The average Bonchev–Trinajstić information content (AvgIpc) is 3.07. The van der Waals surface area contributed by atoms with Gasteiger partial charge in [-0.15, -0.1) is 11.3 Å². The quantitative estimate of drug-likeness (QED) is 0.890. The van der Waals surface area contributed by atoms with E-state index in [1.807, 2.05) is 0 Å². The van der Waals surface area contributed by atoms with Crippen molar-refractivity contribution in [3.63, 3.8) is 0 Å². The molecule has 1 aliphatic rings. The third-order valence-corrected chi connectivity index (χ3v) is 4.60. The van der Waals surface area contributed by atoms with E-state index in [-0.39, 0.29) is 12.7 Å². The first-order chi connectivity index (χ1) is 10.2. The van der Waals surface area contributed by atoms with Crippen molar-refractivity contribution in [2.24, 2.45) is 0 Å². The Kier molecular flexibility index (Phi) is 4.58. The lowest BCUT2D eigenvalue weighted by atomic mass is 10.1. The summed E-state index contributed by atoms with van der Waals surface area (Å²) in [6.07, 6.45) is 1.28. The Morgan fingerprint density at radius 2 is 2.24 bits per heavy atom. The molecule has 4 heteroatoms. The van der Waals surface area contributed by atoms with Gasteiger partial charge in [-0.2, -0.15) is 0 Å². The fourth-order valence-corrected chi connectivity index (χ4v) is 3.56. The van der Waals surface area contributed by atoms with Crippen LogP contribution in [0, 0.1) is 0 Å². The third kappa shape index (κ3) is 3.64. The van der Waals surface area contributed by atoms with Crippen LogP contribution in [0.3, 0.4) is 0 Å². The summed E-state index contributed by atoms with van der Waals surface area (Å²) in [6, 6.07) is 10.7. The molecule has 0 spiro atoms. The number of ether oxygens (including phenoxy) is 1. The molecule has 3 rings (SSSR count). The van der Waals surface area contributed by atoms with E-state index < -0.39 is 0 Å². The van der Waals surface area contributed by atoms with Gasteiger partial charge in [-0.1, -0.05) is 18.2 Å². The number of rotatable bonds is 6. The highest BCUT2D eigenvalue weighted by Crippen LogP contribution is 2.29. The molecule has 21 heavy (non-hydrogen) atoms. The predicted octanol–water partition coefficient (Wildman–Crippen LogP) is 3.07. The van der Waals surface area contributed by atoms with Gasteiger partial charge in [-0.3, -0.25) is 4.90 Å². The van der Waals surface area contributed by atoms with Crippen LogP contribution in [0.2, 0.25) is 0 Å². The molecule has 2 heterocycles. The van der Waals surface area contributed by atoms with E-state index in [1.54, 1.807) is 11.3 Å². The number of benzene rings is 1. The van der Waals surface area contributed by atoms with Crippen LogP contribution in [-0.4, -0.2) is 29.3 Å². The minimum absolute atomic E-state index is 0.191. The number of hydrogen-bond donors (Lipinski definition) is 1. The first kappa shape index (κ1) is 14.6. The summed E-state index contributed by atoms with van der Waals surface area (Å²) >= 11 is 1.76. The molecule has 0 fully saturated rings. The van der Waals surface area contributed by atoms with Crippen molar-refractivity contribution >= 4 is 11.3 Å². The van der Waals surface area contributed by atoms with Gasteiger partial charge >= 0.3 is 0 Å². The topological polar surface area (TPSA) is 32.7 Å². The summed E-state index contributed by atoms with van der Waals surface area (Å²) in [4.78, 5) is 3.62. The lowest BCUT2D eigenvalue weighted by Gasteiger charge is -2.21. The second-order valence-corrected chi connectivity index (χ2v) is 6.62. The Morgan fingerprint density at radius 3 is 3.00 bits per heavy atom. The Morgan fingerprint density at radius 1 is 1.33 bits per heavy atom. The molecule has 0 amide bonds. The monoisotopic (exact) mass is 303 g/mol. The van der Waals surface area contributed by atoms with Gasteiger partial charge in [0.05, 0.1) is 6.61 Å². The zero-order valence-electron chi connectivity index (χ0n) is 12.3. The number of aliphatic hydroxyl groups excluding tert-OH is 1. The average molecular weight is 303 g/mol. The first-order valence-corrected chi connectivity index (χ1v) is 8.26. The van der Waals surface area contributed by atoms with E-state index >= 15 is 0 Å². The van der Waals surface area contributed by atoms with Crippen molar-refractivity contribution in [2.75, 3.05) is 13.2 Å². The lowest BCUT2D eigenvalue weighted by molar-refractivity contribution is 0.185. The molecule has 1 N–H and O–H groups in total. The van der Waals surface area contributed by atoms with Gasteiger partial charge in [0.25, 0.3) is 0 Å². The molecule has 1 aliphatic heterocycles. The van der Waals surface area contributed by atoms with Crippen molar-refractivity contribution in [3.05, 3.63) is 51.7 Å². The van der Waals surface area contributed by atoms with Gasteiger partial charge in [0.15, 0.2) is 0 Å². The molecule has 0 bridgehead atoms. The highest BCUT2D eigenvalue weighted by Gasteiger charge is 2.19. The summed E-state index contributed by atoms with van der Waals surface area (Å²) < 4.78 is 5.75. The Bertz CT molecular complexity index is 582. The lowest BCUT2D eigenvalue weighted by Crippen LogP contribution is -2.25. The fourth-order valence-electron chi connectivity index (χ4n) is 2.81. The van der Waals surface area contributed by atoms with E-state index in [0.29, 0.717) is 6.54 Å². The molecule has 0 unspecified atom stereocenters. The molecule has 1 atom stereocenters. The van der Waals surface area contributed by atoms with Gasteiger partial charge in [0, 0.05) is 30.9 Å². The maximum atomic E-state index is 9.27. The minimum atomic E-state index is 0.191. The van der Waals surface area contributed by atoms with Crippen LogP contribution in [0.4, 0.5) is 0 Å². The van der Waals surface area contributed by atoms with Crippen LogP contribution < -0.4 is 4.74 Å². The molecule has 2 aromatic rings. The van der Waals surface area contributed by atoms with Crippen LogP contribution in [0.1, 0.15) is 22.9 Å². The molecule has 0 saturated carbocycles. The summed E-state index contributed by atoms with van der Waals surface area (Å²) in [5.74, 6) is 1.03. The molecular weight excluding hydrogens is 282 g/mol. The highest BCUT2D eigenvalue weighted by molar-refractivity contribution is 7.09. The van der Waals surface area contributed by atoms with E-state index in [4.69, 9.17) is 4.74 Å². The van der Waals surface area contributed by atoms with Crippen molar-refractivity contribution in [1.82, 2.24) is 4.90 Å². The van der Waals surface area contributed by atoms with Crippen LogP contribution in [-0.2, 0) is 19.5 Å². The number of nitrogens with zero attached hydrogens (tertiary/aromatic N) is 1. The summed E-state index contributed by atoms with van der Waals surface area (Å²) in [5.41, 5.74) is 2.59. The van der Waals surface area contributed by atoms with E-state index in [2.05, 4.69) is 47.5 Å². The summed E-state index contributed by atoms with van der Waals surface area (Å²) in [6.45, 7) is 4.75. The maximum Gasteiger partial charge on any atom is 0.123 e. The van der Waals surface area contributed by atoms with Crippen LogP contribution >= 0.6 is 11.3 Å². The minimum Gasteiger partial charge on any atom is -0.490 e. The molecule has 0 radical (unpaired) electrons. The van der Waals surface area contributed by atoms with E-state index in [9.17, 15) is 5.11 Å². The molecule has 3 nitrogen and oxygen atoms in total. The van der Waals surface area contributed by atoms with Crippen LogP contribution in [0.15, 0.2) is 35.7 Å². The van der Waals surface area contributed by atoms with Gasteiger partial charge in [-0.25, -0.2) is 0 Å². The zero-order chi connectivity index (χ0) is 14.7. The SMILES string of the molecule is C[C@@H]1Cc2cc(CN(CCO)Cc3cccs3)ccc2O1. The predicted molar refractivity (Wildman–Crippen MR) is 85.8 cm³/mol. The van der Waals surface area contributed by atoms with Crippen molar-refractivity contribution in [2.45, 2.75) is 32.5 Å². The standard InChI is InChI=1S/C17H21NO2S/c1-13-9-15-10-14(4-5-17(15)20-13)11-18(6-7-19)12-16-3-2-8-21-16/h2-5,8,10,13,19H,6-7,9,11-12H2,1H3/t13-/m1/s1. The van der Waals surface area contributed by atoms with Gasteiger partial charge < -0.3 is 9.84 Å². The van der Waals surface area contributed by atoms with Crippen LogP contribution in [0.5, 0.6) is 5.75 Å². The molecule has 0 aliphatic carbocycles. The molecule has 112 valence electrons. The van der Waals surface area contributed by atoms with Crippen LogP contribution in [0.25, 0.3) is 0 Å². The second kappa shape index (κ2) is 6.60. The van der Waals surface area contributed by atoms with Crippen molar-refractivity contribution in [1.29, 1.82) is 0 Å². The Hall–Kier alpha value is -1.36. The molecule has 0 saturated heterocycles. The van der Waals surface area contributed by atoms with E-state index in [1.165, 1.54) is 16.0 Å². The molecule has 1 aromatic carbocycles. The van der Waals surface area contributed by atoms with Gasteiger partial charge in [0.2, 0.25) is 0 Å². The van der Waals surface area contributed by atoms with E-state index in [0.717, 1.165) is 25.3 Å².